The fourth-order valence-electron chi connectivity index (χ4n) is 3.77. The third kappa shape index (κ3) is 4.74. The lowest BCUT2D eigenvalue weighted by molar-refractivity contribution is -0.125. The smallest absolute Gasteiger partial charge is 0.225 e. The molecule has 1 fully saturated rings. The standard InChI is InChI=1S/C23H23ClN4O/c24-20-10-8-18(9-11-20)22(17-5-2-1-3-6-17)27-23(29)19-7-4-14-28(16-19)21-15-25-12-13-26-21/h1-3,5-6,8-13,15,19,22H,4,7,14,16H2,(H,27,29)/t19-,22-/m0/s1. The summed E-state index contributed by atoms with van der Waals surface area (Å²) in [4.78, 5) is 23.9. The van der Waals surface area contributed by atoms with Gasteiger partial charge in [0.2, 0.25) is 5.91 Å². The Morgan fingerprint density at radius 1 is 1.07 bits per heavy atom. The number of halogens is 1. The van der Waals surface area contributed by atoms with Crippen LogP contribution in [0.25, 0.3) is 0 Å². The lowest BCUT2D eigenvalue weighted by Gasteiger charge is -2.33. The van der Waals surface area contributed by atoms with Gasteiger partial charge in [0.1, 0.15) is 5.82 Å². The summed E-state index contributed by atoms with van der Waals surface area (Å²) in [6.45, 7) is 1.54. The zero-order valence-electron chi connectivity index (χ0n) is 16.0. The molecule has 148 valence electrons. The quantitative estimate of drug-likeness (QED) is 0.688. The third-order valence-corrected chi connectivity index (χ3v) is 5.54. The van der Waals surface area contributed by atoms with E-state index in [4.69, 9.17) is 11.6 Å². The number of carbonyl (C=O) groups is 1. The number of nitrogens with zero attached hydrogens (tertiary/aromatic N) is 3. The molecule has 2 aromatic carbocycles. The van der Waals surface area contributed by atoms with Gasteiger partial charge in [-0.05, 0) is 36.1 Å². The van der Waals surface area contributed by atoms with E-state index in [2.05, 4.69) is 20.2 Å². The SMILES string of the molecule is O=C(N[C@@H](c1ccccc1)c1ccc(Cl)cc1)[C@H]1CCCN(c2cnccn2)C1. The van der Waals surface area contributed by atoms with Gasteiger partial charge in [-0.25, -0.2) is 4.98 Å². The maximum absolute atomic E-state index is 13.2. The molecule has 1 aromatic heterocycles. The second-order valence-corrected chi connectivity index (χ2v) is 7.69. The van der Waals surface area contributed by atoms with Crippen molar-refractivity contribution in [2.24, 2.45) is 5.92 Å². The Hall–Kier alpha value is -2.92. The molecule has 2 atom stereocenters. The lowest BCUT2D eigenvalue weighted by atomic mass is 9.94. The second kappa shape index (κ2) is 9.05. The molecule has 1 saturated heterocycles. The van der Waals surface area contributed by atoms with E-state index in [1.54, 1.807) is 18.6 Å². The number of piperidine rings is 1. The van der Waals surface area contributed by atoms with Crippen LogP contribution in [-0.4, -0.2) is 29.0 Å². The number of nitrogens with one attached hydrogen (secondary N) is 1. The van der Waals surface area contributed by atoms with Gasteiger partial charge in [-0.2, -0.15) is 0 Å². The summed E-state index contributed by atoms with van der Waals surface area (Å²) in [6.07, 6.45) is 6.91. The van der Waals surface area contributed by atoms with E-state index in [0.717, 1.165) is 36.3 Å². The predicted octanol–water partition coefficient (Wildman–Crippen LogP) is 4.25. The van der Waals surface area contributed by atoms with Crippen LogP contribution in [0.4, 0.5) is 5.82 Å². The van der Waals surface area contributed by atoms with E-state index in [0.29, 0.717) is 11.6 Å². The van der Waals surface area contributed by atoms with Crippen molar-refractivity contribution in [2.75, 3.05) is 18.0 Å². The first-order chi connectivity index (χ1) is 14.2. The zero-order chi connectivity index (χ0) is 20.1. The van der Waals surface area contributed by atoms with Crippen molar-refractivity contribution < 1.29 is 4.79 Å². The van der Waals surface area contributed by atoms with Crippen LogP contribution in [0.3, 0.4) is 0 Å². The average molecular weight is 407 g/mol. The summed E-state index contributed by atoms with van der Waals surface area (Å²) in [7, 11) is 0. The topological polar surface area (TPSA) is 58.1 Å². The maximum Gasteiger partial charge on any atom is 0.225 e. The molecule has 1 aliphatic heterocycles. The van der Waals surface area contributed by atoms with E-state index in [-0.39, 0.29) is 17.9 Å². The second-order valence-electron chi connectivity index (χ2n) is 7.25. The molecule has 3 aromatic rings. The Morgan fingerprint density at radius 3 is 2.55 bits per heavy atom. The van der Waals surface area contributed by atoms with Crippen molar-refractivity contribution in [2.45, 2.75) is 18.9 Å². The number of hydrogen-bond donors (Lipinski definition) is 1. The number of hydrogen-bond acceptors (Lipinski definition) is 4. The molecule has 5 nitrogen and oxygen atoms in total. The van der Waals surface area contributed by atoms with Crippen molar-refractivity contribution in [3.63, 3.8) is 0 Å². The first kappa shape index (κ1) is 19.4. The van der Waals surface area contributed by atoms with Gasteiger partial charge in [-0.1, -0.05) is 54.1 Å². The summed E-state index contributed by atoms with van der Waals surface area (Å²) >= 11 is 6.06. The van der Waals surface area contributed by atoms with Gasteiger partial charge in [-0.15, -0.1) is 0 Å². The van der Waals surface area contributed by atoms with Gasteiger partial charge < -0.3 is 10.2 Å². The molecule has 0 aliphatic carbocycles. The highest BCUT2D eigenvalue weighted by molar-refractivity contribution is 6.30. The van der Waals surface area contributed by atoms with E-state index in [1.807, 2.05) is 54.6 Å². The van der Waals surface area contributed by atoms with Crippen LogP contribution in [-0.2, 0) is 4.79 Å². The summed E-state index contributed by atoms with van der Waals surface area (Å²) in [5.74, 6) is 0.786. The van der Waals surface area contributed by atoms with Crippen molar-refractivity contribution in [3.8, 4) is 0 Å². The Bertz CT molecular complexity index is 934. The molecule has 1 aliphatic rings. The number of carbonyl (C=O) groups excluding carboxylic acids is 1. The summed E-state index contributed by atoms with van der Waals surface area (Å²) < 4.78 is 0. The van der Waals surface area contributed by atoms with Gasteiger partial charge in [0.05, 0.1) is 18.2 Å². The van der Waals surface area contributed by atoms with Crippen molar-refractivity contribution in [1.29, 1.82) is 0 Å². The van der Waals surface area contributed by atoms with Gasteiger partial charge in [0, 0.05) is 30.5 Å². The van der Waals surface area contributed by atoms with Crippen LogP contribution in [0.5, 0.6) is 0 Å². The molecule has 2 heterocycles. The number of benzene rings is 2. The minimum atomic E-state index is -0.215. The largest absolute Gasteiger partial charge is 0.355 e. The molecule has 0 saturated carbocycles. The lowest BCUT2D eigenvalue weighted by Crippen LogP contribution is -2.44. The van der Waals surface area contributed by atoms with Crippen molar-refractivity contribution in [1.82, 2.24) is 15.3 Å². The van der Waals surface area contributed by atoms with Gasteiger partial charge in [0.15, 0.2) is 0 Å². The Kier molecular flexibility index (Phi) is 6.06. The van der Waals surface area contributed by atoms with Crippen LogP contribution in [0.2, 0.25) is 5.02 Å². The molecular weight excluding hydrogens is 384 g/mol. The Labute approximate surface area is 175 Å². The van der Waals surface area contributed by atoms with Gasteiger partial charge in [0.25, 0.3) is 0 Å². The average Bonchev–Trinajstić information content (AvgIpc) is 2.79. The molecule has 0 spiro atoms. The first-order valence-corrected chi connectivity index (χ1v) is 10.2. The highest BCUT2D eigenvalue weighted by atomic mass is 35.5. The van der Waals surface area contributed by atoms with Crippen LogP contribution in [0.15, 0.2) is 73.2 Å². The van der Waals surface area contributed by atoms with E-state index in [9.17, 15) is 4.79 Å². The van der Waals surface area contributed by atoms with E-state index >= 15 is 0 Å². The molecule has 29 heavy (non-hydrogen) atoms. The van der Waals surface area contributed by atoms with Crippen molar-refractivity contribution >= 4 is 23.3 Å². The third-order valence-electron chi connectivity index (χ3n) is 5.29. The fourth-order valence-corrected chi connectivity index (χ4v) is 3.90. The molecular formula is C23H23ClN4O. The normalized spacial score (nSPS) is 17.6. The van der Waals surface area contributed by atoms with Gasteiger partial charge in [-0.3, -0.25) is 9.78 Å². The molecule has 0 bridgehead atoms. The van der Waals surface area contributed by atoms with Crippen LogP contribution < -0.4 is 10.2 Å². The number of anilines is 1. The van der Waals surface area contributed by atoms with Crippen LogP contribution in [0.1, 0.15) is 30.0 Å². The molecule has 0 unspecified atom stereocenters. The Balaban J connectivity index is 1.52. The molecule has 1 N–H and O–H groups in total. The predicted molar refractivity (Wildman–Crippen MR) is 115 cm³/mol. The van der Waals surface area contributed by atoms with Crippen LogP contribution >= 0.6 is 11.6 Å². The van der Waals surface area contributed by atoms with Crippen LogP contribution in [0, 0.1) is 5.92 Å². The van der Waals surface area contributed by atoms with E-state index < -0.39 is 0 Å². The molecule has 4 rings (SSSR count). The molecule has 0 radical (unpaired) electrons. The first-order valence-electron chi connectivity index (χ1n) is 9.82. The number of rotatable bonds is 5. The van der Waals surface area contributed by atoms with Crippen molar-refractivity contribution in [3.05, 3.63) is 89.3 Å². The minimum absolute atomic E-state index is 0.0578. The monoisotopic (exact) mass is 406 g/mol. The number of aromatic nitrogens is 2. The molecule has 1 amide bonds. The Morgan fingerprint density at radius 2 is 1.83 bits per heavy atom. The minimum Gasteiger partial charge on any atom is -0.355 e. The number of amides is 1. The fraction of sp³-hybridized carbons (Fsp3) is 0.261. The van der Waals surface area contributed by atoms with E-state index in [1.165, 1.54) is 0 Å². The maximum atomic E-state index is 13.2. The summed E-state index contributed by atoms with van der Waals surface area (Å²) in [6, 6.07) is 17.4. The van der Waals surface area contributed by atoms with Gasteiger partial charge >= 0.3 is 0 Å². The highest BCUT2D eigenvalue weighted by Crippen LogP contribution is 2.26. The highest BCUT2D eigenvalue weighted by Gasteiger charge is 2.28. The zero-order valence-corrected chi connectivity index (χ0v) is 16.8. The molecule has 6 heteroatoms. The summed E-state index contributed by atoms with van der Waals surface area (Å²) in [5.41, 5.74) is 2.06. The summed E-state index contributed by atoms with van der Waals surface area (Å²) in [5, 5.41) is 3.95.